The summed E-state index contributed by atoms with van der Waals surface area (Å²) in [7, 11) is 1.42. The van der Waals surface area contributed by atoms with Gasteiger partial charge < -0.3 is 19.7 Å². The lowest BCUT2D eigenvalue weighted by Gasteiger charge is -2.27. The Hall–Kier alpha value is -3.99. The summed E-state index contributed by atoms with van der Waals surface area (Å²) in [6.07, 6.45) is 12.2. The molecule has 0 aliphatic carbocycles. The number of allylic oxidation sites excluding steroid dienone is 1. The molecule has 1 atom stereocenters. The zero-order valence-electron chi connectivity index (χ0n) is 24.8. The third-order valence-corrected chi connectivity index (χ3v) is 7.38. The van der Waals surface area contributed by atoms with Gasteiger partial charge in [-0.05, 0) is 78.2 Å². The summed E-state index contributed by atoms with van der Waals surface area (Å²) >= 11 is 3.70. The highest BCUT2D eigenvalue weighted by molar-refractivity contribution is 9.10. The third-order valence-electron chi connectivity index (χ3n) is 6.79. The third kappa shape index (κ3) is 7.84. The van der Waals surface area contributed by atoms with E-state index in [1.165, 1.54) is 13.4 Å². The molecule has 3 aromatic rings. The molecule has 4 rings (SSSR count). The molecule has 222 valence electrons. The number of aryl methyl sites for hydroxylation is 1. The molecule has 0 spiro atoms. The second kappa shape index (κ2) is 14.8. The molecule has 0 fully saturated rings. The van der Waals surface area contributed by atoms with Crippen molar-refractivity contribution in [2.75, 3.05) is 37.0 Å². The average molecular weight is 637 g/mol. The van der Waals surface area contributed by atoms with Crippen molar-refractivity contribution in [3.05, 3.63) is 64.7 Å². The fraction of sp³-hybridized carbons (Fsp3) is 0.387. The molecule has 1 aromatic carbocycles. The Morgan fingerprint density at radius 2 is 2.12 bits per heavy atom. The molecule has 3 heterocycles. The molecular formula is C31H38BrN7O3. The van der Waals surface area contributed by atoms with Crippen molar-refractivity contribution in [1.29, 1.82) is 0 Å². The lowest BCUT2D eigenvalue weighted by Crippen LogP contribution is -2.34. The van der Waals surface area contributed by atoms with E-state index in [4.69, 9.17) is 14.5 Å². The topological polar surface area (TPSA) is 105 Å². The van der Waals surface area contributed by atoms with Gasteiger partial charge in [-0.3, -0.25) is 9.80 Å². The first-order valence-electron chi connectivity index (χ1n) is 14.2. The Morgan fingerprint density at radius 1 is 1.29 bits per heavy atom. The predicted molar refractivity (Wildman–Crippen MR) is 171 cm³/mol. The number of ether oxygens (including phenoxy) is 2. The molecule has 2 aromatic heterocycles. The van der Waals surface area contributed by atoms with Crippen molar-refractivity contribution >= 4 is 56.5 Å². The maximum Gasteiger partial charge on any atom is 0.310 e. The second-order valence-corrected chi connectivity index (χ2v) is 10.9. The number of hydrogen-bond donors (Lipinski definition) is 1. The van der Waals surface area contributed by atoms with Gasteiger partial charge in [-0.1, -0.05) is 26.7 Å². The molecule has 10 nitrogen and oxygen atoms in total. The van der Waals surface area contributed by atoms with E-state index >= 15 is 0 Å². The molecule has 0 saturated heterocycles. The highest BCUT2D eigenvalue weighted by Crippen LogP contribution is 2.32. The lowest BCUT2D eigenvalue weighted by molar-refractivity contribution is -0.144. The first kappa shape index (κ1) is 31.0. The van der Waals surface area contributed by atoms with Crippen molar-refractivity contribution in [1.82, 2.24) is 20.0 Å². The van der Waals surface area contributed by atoms with Crippen LogP contribution in [0.25, 0.3) is 11.0 Å². The Morgan fingerprint density at radius 3 is 2.81 bits per heavy atom. The quantitative estimate of drug-likeness (QED) is 0.124. The number of fused-ring (bicyclic) bond motifs is 1. The van der Waals surface area contributed by atoms with Crippen LogP contribution in [-0.2, 0) is 9.53 Å². The number of anilines is 3. The number of unbranched alkanes of at least 4 members (excludes halogenated alkanes) is 2. The molecule has 1 N–H and O–H groups in total. The Kier molecular flexibility index (Phi) is 10.9. The van der Waals surface area contributed by atoms with Crippen molar-refractivity contribution in [3.63, 3.8) is 0 Å². The van der Waals surface area contributed by atoms with Crippen LogP contribution in [-0.4, -0.2) is 58.9 Å². The van der Waals surface area contributed by atoms with Gasteiger partial charge in [0.05, 0.1) is 29.6 Å². The van der Waals surface area contributed by atoms with Gasteiger partial charge in [0.15, 0.2) is 5.82 Å². The number of carbonyl (C=O) groups excluding carboxylic acids is 1. The first-order valence-corrected chi connectivity index (χ1v) is 14.9. The number of hydrazone groups is 1. The van der Waals surface area contributed by atoms with Crippen LogP contribution in [0, 0.1) is 12.8 Å². The molecule has 1 aliphatic rings. The molecular weight excluding hydrogens is 598 g/mol. The number of pyridine rings is 1. The SMILES string of the molecule is C/C=N\N1C=CC(Oc2ccc(Nc3ncnc4cc(Br)c(N(CCCCC)CC(C)C(=O)OC)nc34)cc2C)=CC1. The van der Waals surface area contributed by atoms with Gasteiger partial charge in [0.1, 0.15) is 29.2 Å². The number of methoxy groups -OCH3 is 1. The summed E-state index contributed by atoms with van der Waals surface area (Å²) in [6.45, 7) is 9.83. The van der Waals surface area contributed by atoms with E-state index in [1.54, 1.807) is 6.21 Å². The molecule has 1 unspecified atom stereocenters. The number of aromatic nitrogens is 3. The number of nitrogens with zero attached hydrogens (tertiary/aromatic N) is 6. The summed E-state index contributed by atoms with van der Waals surface area (Å²) in [5, 5.41) is 9.50. The summed E-state index contributed by atoms with van der Waals surface area (Å²) in [5.41, 5.74) is 3.15. The summed E-state index contributed by atoms with van der Waals surface area (Å²) in [5.74, 6) is 2.32. The molecule has 0 radical (unpaired) electrons. The van der Waals surface area contributed by atoms with Crippen LogP contribution in [0.5, 0.6) is 5.75 Å². The van der Waals surface area contributed by atoms with E-state index in [-0.39, 0.29) is 11.9 Å². The summed E-state index contributed by atoms with van der Waals surface area (Å²) < 4.78 is 11.9. The number of benzene rings is 1. The zero-order chi connectivity index (χ0) is 30.1. The van der Waals surface area contributed by atoms with E-state index in [2.05, 4.69) is 48.1 Å². The van der Waals surface area contributed by atoms with Crippen LogP contribution in [0.4, 0.5) is 17.3 Å². The number of esters is 1. The number of halogens is 1. The highest BCUT2D eigenvalue weighted by Gasteiger charge is 2.22. The van der Waals surface area contributed by atoms with Gasteiger partial charge in [-0.15, -0.1) is 0 Å². The minimum Gasteiger partial charge on any atom is -0.469 e. The van der Waals surface area contributed by atoms with E-state index in [9.17, 15) is 4.79 Å². The van der Waals surface area contributed by atoms with Crippen LogP contribution in [0.15, 0.2) is 64.3 Å². The van der Waals surface area contributed by atoms with Crippen LogP contribution < -0.4 is 15.0 Å². The van der Waals surface area contributed by atoms with Gasteiger partial charge in [0, 0.05) is 31.2 Å². The van der Waals surface area contributed by atoms with Crippen molar-refractivity contribution in [3.8, 4) is 5.75 Å². The Bertz CT molecular complexity index is 1490. The molecule has 11 heteroatoms. The monoisotopic (exact) mass is 635 g/mol. The van der Waals surface area contributed by atoms with Gasteiger partial charge in [-0.25, -0.2) is 15.0 Å². The lowest BCUT2D eigenvalue weighted by atomic mass is 10.1. The molecule has 0 saturated carbocycles. The van der Waals surface area contributed by atoms with Crippen molar-refractivity contribution < 1.29 is 14.3 Å². The first-order chi connectivity index (χ1) is 20.3. The number of hydrogen-bond acceptors (Lipinski definition) is 10. The number of nitrogens with one attached hydrogen (secondary N) is 1. The van der Waals surface area contributed by atoms with Gasteiger partial charge in [0.25, 0.3) is 0 Å². The largest absolute Gasteiger partial charge is 0.469 e. The minimum absolute atomic E-state index is 0.246. The van der Waals surface area contributed by atoms with E-state index in [0.717, 1.165) is 58.9 Å². The molecule has 1 aliphatic heterocycles. The second-order valence-electron chi connectivity index (χ2n) is 10.1. The van der Waals surface area contributed by atoms with Crippen LogP contribution in [0.2, 0.25) is 0 Å². The maximum absolute atomic E-state index is 12.2. The number of rotatable bonds is 13. The van der Waals surface area contributed by atoms with E-state index < -0.39 is 0 Å². The standard InChI is InChI=1S/C31H38BrN7O3/c1-6-8-9-14-38(19-22(4)31(40)41-5)30-25(32)18-26-28(37-30)29(34-20-33-26)36-23-10-11-27(21(3)17-23)42-24-12-15-39(16-13-24)35-7-2/h7,10-13,15,17-18,20,22H,6,8-9,14,16,19H2,1-5H3,(H,33,34,36)/b35-7-. The van der Waals surface area contributed by atoms with Crippen LogP contribution in [0.3, 0.4) is 0 Å². The molecule has 0 amide bonds. The highest BCUT2D eigenvalue weighted by atomic mass is 79.9. The van der Waals surface area contributed by atoms with Gasteiger partial charge in [-0.2, -0.15) is 5.10 Å². The zero-order valence-corrected chi connectivity index (χ0v) is 26.4. The molecule has 42 heavy (non-hydrogen) atoms. The van der Waals surface area contributed by atoms with Gasteiger partial charge >= 0.3 is 5.97 Å². The van der Waals surface area contributed by atoms with Crippen LogP contribution in [0.1, 0.15) is 45.6 Å². The fourth-order valence-electron chi connectivity index (χ4n) is 4.59. The average Bonchev–Trinajstić information content (AvgIpc) is 2.98. The fourth-order valence-corrected chi connectivity index (χ4v) is 5.15. The molecule has 0 bridgehead atoms. The Labute approximate surface area is 255 Å². The van der Waals surface area contributed by atoms with Crippen molar-refractivity contribution in [2.24, 2.45) is 11.0 Å². The maximum atomic E-state index is 12.2. The van der Waals surface area contributed by atoms with Gasteiger partial charge in [0.2, 0.25) is 0 Å². The predicted octanol–water partition coefficient (Wildman–Crippen LogP) is 6.74. The Balaban J connectivity index is 1.58. The van der Waals surface area contributed by atoms with E-state index in [1.807, 2.05) is 68.4 Å². The smallest absolute Gasteiger partial charge is 0.310 e. The van der Waals surface area contributed by atoms with E-state index in [0.29, 0.717) is 29.9 Å². The van der Waals surface area contributed by atoms with Crippen LogP contribution >= 0.6 is 15.9 Å². The number of carbonyl (C=O) groups is 1. The normalized spacial score (nSPS) is 13.8. The minimum atomic E-state index is -0.307. The summed E-state index contributed by atoms with van der Waals surface area (Å²) in [4.78, 5) is 28.4. The van der Waals surface area contributed by atoms with Crippen molar-refractivity contribution in [2.45, 2.75) is 47.0 Å². The summed E-state index contributed by atoms with van der Waals surface area (Å²) in [6, 6.07) is 7.84.